The van der Waals surface area contributed by atoms with Crippen LogP contribution in [0.3, 0.4) is 0 Å². The first kappa shape index (κ1) is 13.3. The molecule has 0 aromatic heterocycles. The van der Waals surface area contributed by atoms with E-state index in [1.54, 1.807) is 0 Å². The predicted octanol–water partition coefficient (Wildman–Crippen LogP) is 1.15. The number of ether oxygens (including phenoxy) is 1. The van der Waals surface area contributed by atoms with Crippen molar-refractivity contribution in [3.8, 4) is 0 Å². The lowest BCUT2D eigenvalue weighted by atomic mass is 10.2. The second-order valence-electron chi connectivity index (χ2n) is 3.41. The van der Waals surface area contributed by atoms with Gasteiger partial charge in [-0.2, -0.15) is 0 Å². The SMILES string of the molecule is COCC(O)CNc1ccc(F)cc1[N+](=O)[O-]. The topological polar surface area (TPSA) is 84.6 Å². The van der Waals surface area contributed by atoms with Gasteiger partial charge in [-0.1, -0.05) is 0 Å². The van der Waals surface area contributed by atoms with E-state index in [-0.39, 0.29) is 24.5 Å². The monoisotopic (exact) mass is 244 g/mol. The molecule has 0 saturated carbocycles. The van der Waals surface area contributed by atoms with E-state index < -0.39 is 16.8 Å². The molecule has 1 aromatic carbocycles. The van der Waals surface area contributed by atoms with Gasteiger partial charge in [0.05, 0.1) is 23.7 Å². The van der Waals surface area contributed by atoms with Gasteiger partial charge in [-0.15, -0.1) is 0 Å². The van der Waals surface area contributed by atoms with Crippen LogP contribution in [0.5, 0.6) is 0 Å². The summed E-state index contributed by atoms with van der Waals surface area (Å²) in [6.07, 6.45) is -0.787. The molecule has 0 fully saturated rings. The molecule has 1 unspecified atom stereocenters. The zero-order chi connectivity index (χ0) is 12.8. The fraction of sp³-hybridized carbons (Fsp3) is 0.400. The van der Waals surface area contributed by atoms with E-state index in [1.807, 2.05) is 0 Å². The number of methoxy groups -OCH3 is 1. The minimum atomic E-state index is -0.787. The van der Waals surface area contributed by atoms with Crippen LogP contribution in [-0.2, 0) is 4.74 Å². The van der Waals surface area contributed by atoms with Crippen molar-refractivity contribution >= 4 is 11.4 Å². The first-order valence-electron chi connectivity index (χ1n) is 4.89. The van der Waals surface area contributed by atoms with Gasteiger partial charge in [-0.3, -0.25) is 10.1 Å². The van der Waals surface area contributed by atoms with Gasteiger partial charge in [-0.25, -0.2) is 4.39 Å². The quantitative estimate of drug-likeness (QED) is 0.579. The number of anilines is 1. The first-order chi connectivity index (χ1) is 8.04. The van der Waals surface area contributed by atoms with Crippen molar-refractivity contribution in [1.82, 2.24) is 0 Å². The number of hydrogen-bond donors (Lipinski definition) is 2. The molecule has 6 nitrogen and oxygen atoms in total. The van der Waals surface area contributed by atoms with Gasteiger partial charge in [0.15, 0.2) is 0 Å². The Morgan fingerprint density at radius 2 is 2.35 bits per heavy atom. The van der Waals surface area contributed by atoms with Crippen LogP contribution in [0.15, 0.2) is 18.2 Å². The maximum absolute atomic E-state index is 12.8. The largest absolute Gasteiger partial charge is 0.389 e. The fourth-order valence-electron chi connectivity index (χ4n) is 1.28. The first-order valence-corrected chi connectivity index (χ1v) is 4.89. The third kappa shape index (κ3) is 3.97. The summed E-state index contributed by atoms with van der Waals surface area (Å²) in [6, 6.07) is 3.19. The summed E-state index contributed by atoms with van der Waals surface area (Å²) in [6.45, 7) is 0.197. The number of benzene rings is 1. The molecule has 1 rings (SSSR count). The van der Waals surface area contributed by atoms with Crippen LogP contribution in [-0.4, -0.2) is 36.4 Å². The number of halogens is 1. The third-order valence-electron chi connectivity index (χ3n) is 2.04. The minimum absolute atomic E-state index is 0.0836. The molecule has 0 aliphatic carbocycles. The van der Waals surface area contributed by atoms with E-state index >= 15 is 0 Å². The Kier molecular flexibility index (Phi) is 4.80. The molecular formula is C10H13FN2O4. The smallest absolute Gasteiger partial charge is 0.295 e. The van der Waals surface area contributed by atoms with Crippen molar-refractivity contribution in [2.24, 2.45) is 0 Å². The molecule has 0 bridgehead atoms. The Morgan fingerprint density at radius 3 is 2.94 bits per heavy atom. The van der Waals surface area contributed by atoms with Crippen molar-refractivity contribution in [1.29, 1.82) is 0 Å². The molecular weight excluding hydrogens is 231 g/mol. The highest BCUT2D eigenvalue weighted by atomic mass is 19.1. The van der Waals surface area contributed by atoms with Crippen molar-refractivity contribution in [2.75, 3.05) is 25.6 Å². The molecule has 0 spiro atoms. The number of nitrogens with zero attached hydrogens (tertiary/aromatic N) is 1. The van der Waals surface area contributed by atoms with Crippen molar-refractivity contribution in [3.05, 3.63) is 34.1 Å². The molecule has 17 heavy (non-hydrogen) atoms. The van der Waals surface area contributed by atoms with E-state index in [9.17, 15) is 19.6 Å². The summed E-state index contributed by atoms with van der Waals surface area (Å²) >= 11 is 0. The van der Waals surface area contributed by atoms with Gasteiger partial charge in [0.25, 0.3) is 5.69 Å². The average molecular weight is 244 g/mol. The maximum Gasteiger partial charge on any atom is 0.295 e. The highest BCUT2D eigenvalue weighted by Gasteiger charge is 2.15. The van der Waals surface area contributed by atoms with Crippen LogP contribution >= 0.6 is 0 Å². The van der Waals surface area contributed by atoms with Gasteiger partial charge < -0.3 is 15.2 Å². The molecule has 0 amide bonds. The summed E-state index contributed by atoms with van der Waals surface area (Å²) < 4.78 is 17.5. The predicted molar refractivity (Wildman–Crippen MR) is 59.4 cm³/mol. The van der Waals surface area contributed by atoms with E-state index in [4.69, 9.17) is 4.74 Å². The lowest BCUT2D eigenvalue weighted by Gasteiger charge is -2.11. The molecule has 0 radical (unpaired) electrons. The molecule has 0 saturated heterocycles. The van der Waals surface area contributed by atoms with Crippen LogP contribution in [0.2, 0.25) is 0 Å². The van der Waals surface area contributed by atoms with E-state index in [0.29, 0.717) is 0 Å². The van der Waals surface area contributed by atoms with Crippen LogP contribution < -0.4 is 5.32 Å². The van der Waals surface area contributed by atoms with Gasteiger partial charge >= 0.3 is 0 Å². The normalized spacial score (nSPS) is 12.2. The van der Waals surface area contributed by atoms with Crippen molar-refractivity contribution < 1.29 is 19.2 Å². The number of rotatable bonds is 6. The lowest BCUT2D eigenvalue weighted by molar-refractivity contribution is -0.384. The molecule has 2 N–H and O–H groups in total. The maximum atomic E-state index is 12.8. The lowest BCUT2D eigenvalue weighted by Crippen LogP contribution is -2.24. The molecule has 7 heteroatoms. The average Bonchev–Trinajstić information content (AvgIpc) is 2.27. The molecule has 0 aliphatic heterocycles. The van der Waals surface area contributed by atoms with Gasteiger partial charge in [0, 0.05) is 13.7 Å². The van der Waals surface area contributed by atoms with Gasteiger partial charge in [-0.05, 0) is 12.1 Å². The molecule has 0 aliphatic rings. The van der Waals surface area contributed by atoms with Crippen LogP contribution in [0.25, 0.3) is 0 Å². The van der Waals surface area contributed by atoms with Crippen molar-refractivity contribution in [2.45, 2.75) is 6.10 Å². The zero-order valence-corrected chi connectivity index (χ0v) is 9.22. The Hall–Kier alpha value is -1.73. The summed E-state index contributed by atoms with van der Waals surface area (Å²) in [5.74, 6) is -0.681. The Labute approximate surface area is 97.2 Å². The van der Waals surface area contributed by atoms with Crippen LogP contribution in [0, 0.1) is 15.9 Å². The number of nitro benzene ring substituents is 1. The number of aliphatic hydroxyl groups is 1. The summed E-state index contributed by atoms with van der Waals surface area (Å²) in [5.41, 5.74) is -0.207. The molecule has 1 aromatic rings. The summed E-state index contributed by atoms with van der Waals surface area (Å²) in [5, 5.41) is 22.7. The van der Waals surface area contributed by atoms with Gasteiger partial charge in [0.2, 0.25) is 0 Å². The van der Waals surface area contributed by atoms with E-state index in [0.717, 1.165) is 12.1 Å². The van der Waals surface area contributed by atoms with Gasteiger partial charge in [0.1, 0.15) is 11.5 Å². The summed E-state index contributed by atoms with van der Waals surface area (Å²) in [7, 11) is 1.43. The second-order valence-corrected chi connectivity index (χ2v) is 3.41. The van der Waals surface area contributed by atoms with Crippen LogP contribution in [0.1, 0.15) is 0 Å². The number of nitro groups is 1. The number of aliphatic hydroxyl groups excluding tert-OH is 1. The fourth-order valence-corrected chi connectivity index (χ4v) is 1.28. The standard InChI is InChI=1S/C10H13FN2O4/c1-17-6-8(14)5-12-9-3-2-7(11)4-10(9)13(15)16/h2-4,8,12,14H,5-6H2,1H3. The Morgan fingerprint density at radius 1 is 1.65 bits per heavy atom. The highest BCUT2D eigenvalue weighted by Crippen LogP contribution is 2.24. The minimum Gasteiger partial charge on any atom is -0.389 e. The van der Waals surface area contributed by atoms with E-state index in [1.165, 1.54) is 13.2 Å². The Balaban J connectivity index is 2.73. The Bertz CT molecular complexity index is 400. The molecule has 1 atom stereocenters. The third-order valence-corrected chi connectivity index (χ3v) is 2.04. The van der Waals surface area contributed by atoms with Crippen molar-refractivity contribution in [3.63, 3.8) is 0 Å². The molecule has 0 heterocycles. The summed E-state index contributed by atoms with van der Waals surface area (Å²) in [4.78, 5) is 9.97. The molecule has 94 valence electrons. The van der Waals surface area contributed by atoms with Crippen LogP contribution in [0.4, 0.5) is 15.8 Å². The highest BCUT2D eigenvalue weighted by molar-refractivity contribution is 5.61. The van der Waals surface area contributed by atoms with E-state index in [2.05, 4.69) is 5.32 Å². The number of hydrogen-bond acceptors (Lipinski definition) is 5. The second kappa shape index (κ2) is 6.12. The number of nitrogens with one attached hydrogen (secondary N) is 1. The zero-order valence-electron chi connectivity index (χ0n) is 9.22.